The third-order valence-corrected chi connectivity index (χ3v) is 4.98. The van der Waals surface area contributed by atoms with Gasteiger partial charge in [0.2, 0.25) is 15.0 Å². The van der Waals surface area contributed by atoms with Crippen molar-refractivity contribution in [1.82, 2.24) is 15.3 Å². The molecule has 0 spiro atoms. The van der Waals surface area contributed by atoms with Crippen molar-refractivity contribution in [3.05, 3.63) is 17.5 Å². The van der Waals surface area contributed by atoms with Gasteiger partial charge in [0.1, 0.15) is 0 Å². The van der Waals surface area contributed by atoms with E-state index in [4.69, 9.17) is 0 Å². The Hall–Kier alpha value is -0.720. The van der Waals surface area contributed by atoms with Gasteiger partial charge in [0, 0.05) is 11.4 Å². The van der Waals surface area contributed by atoms with E-state index in [1.165, 1.54) is 0 Å². The van der Waals surface area contributed by atoms with Crippen molar-refractivity contribution in [3.63, 3.8) is 0 Å². The Bertz CT molecular complexity index is 493. The fourth-order valence-electron chi connectivity index (χ4n) is 2.08. The monoisotopic (exact) mass is 291 g/mol. The SMILES string of the molecule is Cc1cc(C)nc(S(=O)(=O)C2CCNCC2)n1.Cl. The first kappa shape index (κ1) is 15.3. The van der Waals surface area contributed by atoms with Gasteiger partial charge in [0.25, 0.3) is 0 Å². The van der Waals surface area contributed by atoms with Gasteiger partial charge in [0.05, 0.1) is 5.25 Å². The molecule has 0 aliphatic carbocycles. The highest BCUT2D eigenvalue weighted by molar-refractivity contribution is 7.91. The van der Waals surface area contributed by atoms with Crippen molar-refractivity contribution in [1.29, 1.82) is 0 Å². The van der Waals surface area contributed by atoms with Gasteiger partial charge in [-0.1, -0.05) is 0 Å². The number of hydrogen-bond donors (Lipinski definition) is 1. The molecule has 0 aromatic carbocycles. The van der Waals surface area contributed by atoms with E-state index in [2.05, 4.69) is 15.3 Å². The van der Waals surface area contributed by atoms with E-state index in [1.807, 2.05) is 0 Å². The summed E-state index contributed by atoms with van der Waals surface area (Å²) in [5.74, 6) is 0. The lowest BCUT2D eigenvalue weighted by Crippen LogP contribution is -2.36. The van der Waals surface area contributed by atoms with E-state index in [0.29, 0.717) is 24.2 Å². The molecule has 0 amide bonds. The van der Waals surface area contributed by atoms with E-state index in [9.17, 15) is 8.42 Å². The van der Waals surface area contributed by atoms with E-state index in [1.54, 1.807) is 19.9 Å². The second-order valence-electron chi connectivity index (χ2n) is 4.43. The molecule has 5 nitrogen and oxygen atoms in total. The van der Waals surface area contributed by atoms with Crippen LogP contribution in [0.4, 0.5) is 0 Å². The smallest absolute Gasteiger partial charge is 0.247 e. The molecule has 1 aliphatic rings. The van der Waals surface area contributed by atoms with Crippen molar-refractivity contribution in [3.8, 4) is 0 Å². The Kier molecular flexibility index (Phi) is 5.07. The minimum Gasteiger partial charge on any atom is -0.317 e. The lowest BCUT2D eigenvalue weighted by Gasteiger charge is -2.21. The molecular weight excluding hydrogens is 274 g/mol. The molecule has 1 aliphatic heterocycles. The van der Waals surface area contributed by atoms with E-state index < -0.39 is 9.84 Å². The summed E-state index contributed by atoms with van der Waals surface area (Å²) in [6, 6.07) is 1.78. The first-order valence-corrected chi connectivity index (χ1v) is 7.31. The zero-order valence-corrected chi connectivity index (χ0v) is 12.1. The molecule has 2 rings (SSSR count). The Morgan fingerprint density at radius 1 is 1.17 bits per heavy atom. The Labute approximate surface area is 114 Å². The summed E-state index contributed by atoms with van der Waals surface area (Å²) in [4.78, 5) is 8.12. The molecule has 1 aromatic rings. The summed E-state index contributed by atoms with van der Waals surface area (Å²) in [5.41, 5.74) is 1.40. The van der Waals surface area contributed by atoms with Gasteiger partial charge in [-0.15, -0.1) is 12.4 Å². The quantitative estimate of drug-likeness (QED) is 0.825. The van der Waals surface area contributed by atoms with Gasteiger partial charge < -0.3 is 5.32 Å². The number of piperidine rings is 1. The van der Waals surface area contributed by atoms with Crippen molar-refractivity contribution in [2.45, 2.75) is 37.1 Å². The highest BCUT2D eigenvalue weighted by Crippen LogP contribution is 2.19. The van der Waals surface area contributed by atoms with Crippen molar-refractivity contribution in [2.24, 2.45) is 0 Å². The van der Waals surface area contributed by atoms with Crippen LogP contribution in [-0.2, 0) is 9.84 Å². The number of nitrogens with one attached hydrogen (secondary N) is 1. The molecule has 0 bridgehead atoms. The maximum atomic E-state index is 12.3. The van der Waals surface area contributed by atoms with Crippen LogP contribution in [0.2, 0.25) is 0 Å². The third kappa shape index (κ3) is 3.18. The molecule has 0 radical (unpaired) electrons. The van der Waals surface area contributed by atoms with Crippen LogP contribution in [0.5, 0.6) is 0 Å². The Balaban J connectivity index is 0.00000162. The third-order valence-electron chi connectivity index (χ3n) is 2.94. The molecule has 2 heterocycles. The molecule has 1 aromatic heterocycles. The Morgan fingerprint density at radius 3 is 2.17 bits per heavy atom. The zero-order chi connectivity index (χ0) is 12.5. The van der Waals surface area contributed by atoms with Gasteiger partial charge in [-0.05, 0) is 45.8 Å². The number of halogens is 1. The minimum absolute atomic E-state index is 0. The molecule has 1 fully saturated rings. The first-order chi connectivity index (χ1) is 8.00. The number of hydrogen-bond acceptors (Lipinski definition) is 5. The van der Waals surface area contributed by atoms with E-state index >= 15 is 0 Å². The van der Waals surface area contributed by atoms with Crippen LogP contribution in [0.15, 0.2) is 11.2 Å². The minimum atomic E-state index is -3.37. The summed E-state index contributed by atoms with van der Waals surface area (Å²) in [7, 11) is -3.37. The molecule has 0 unspecified atom stereocenters. The topological polar surface area (TPSA) is 72.0 Å². The normalized spacial score (nSPS) is 17.2. The average Bonchev–Trinajstić information content (AvgIpc) is 2.29. The Morgan fingerprint density at radius 2 is 1.67 bits per heavy atom. The predicted octanol–water partition coefficient (Wildman–Crippen LogP) is 1.04. The fraction of sp³-hybridized carbons (Fsp3) is 0.636. The molecule has 0 saturated carbocycles. The highest BCUT2D eigenvalue weighted by atomic mass is 35.5. The van der Waals surface area contributed by atoms with Crippen LogP contribution in [-0.4, -0.2) is 36.7 Å². The lowest BCUT2D eigenvalue weighted by molar-refractivity contribution is 0.492. The molecular formula is C11H18ClN3O2S. The van der Waals surface area contributed by atoms with Crippen molar-refractivity contribution >= 4 is 22.2 Å². The number of rotatable bonds is 2. The first-order valence-electron chi connectivity index (χ1n) is 5.77. The number of nitrogens with zero attached hydrogens (tertiary/aromatic N) is 2. The van der Waals surface area contributed by atoms with Crippen LogP contribution >= 0.6 is 12.4 Å². The summed E-state index contributed by atoms with van der Waals surface area (Å²) >= 11 is 0. The van der Waals surface area contributed by atoms with Gasteiger partial charge in [-0.3, -0.25) is 0 Å². The number of aryl methyl sites for hydroxylation is 2. The van der Waals surface area contributed by atoms with Gasteiger partial charge in [-0.2, -0.15) is 0 Å². The second kappa shape index (κ2) is 5.95. The molecule has 7 heteroatoms. The van der Waals surface area contributed by atoms with Crippen LogP contribution in [0.3, 0.4) is 0 Å². The molecule has 102 valence electrons. The van der Waals surface area contributed by atoms with Crippen molar-refractivity contribution in [2.75, 3.05) is 13.1 Å². The maximum absolute atomic E-state index is 12.3. The average molecular weight is 292 g/mol. The summed E-state index contributed by atoms with van der Waals surface area (Å²) in [6.07, 6.45) is 1.28. The summed E-state index contributed by atoms with van der Waals surface area (Å²) in [5, 5.41) is 2.80. The largest absolute Gasteiger partial charge is 0.317 e. The summed E-state index contributed by atoms with van der Waals surface area (Å²) < 4.78 is 24.7. The molecule has 1 N–H and O–H groups in total. The summed E-state index contributed by atoms with van der Waals surface area (Å²) in [6.45, 7) is 5.07. The van der Waals surface area contributed by atoms with Crippen LogP contribution in [0, 0.1) is 13.8 Å². The van der Waals surface area contributed by atoms with Crippen molar-refractivity contribution < 1.29 is 8.42 Å². The number of aromatic nitrogens is 2. The molecule has 18 heavy (non-hydrogen) atoms. The second-order valence-corrected chi connectivity index (χ2v) is 6.55. The fourth-order valence-corrected chi connectivity index (χ4v) is 3.77. The lowest BCUT2D eigenvalue weighted by atomic mass is 10.2. The molecule has 0 atom stereocenters. The predicted molar refractivity (Wildman–Crippen MR) is 71.8 cm³/mol. The standard InChI is InChI=1S/C11H17N3O2S.ClH/c1-8-7-9(2)14-11(13-8)17(15,16)10-3-5-12-6-4-10;/h7,10,12H,3-6H2,1-2H3;1H. The van der Waals surface area contributed by atoms with E-state index in [-0.39, 0.29) is 22.8 Å². The molecule has 1 saturated heterocycles. The van der Waals surface area contributed by atoms with Crippen LogP contribution < -0.4 is 5.32 Å². The highest BCUT2D eigenvalue weighted by Gasteiger charge is 2.31. The number of sulfone groups is 1. The van der Waals surface area contributed by atoms with Gasteiger partial charge in [0.15, 0.2) is 0 Å². The van der Waals surface area contributed by atoms with E-state index in [0.717, 1.165) is 13.1 Å². The van der Waals surface area contributed by atoms with Crippen LogP contribution in [0.1, 0.15) is 24.2 Å². The van der Waals surface area contributed by atoms with Gasteiger partial charge >= 0.3 is 0 Å². The van der Waals surface area contributed by atoms with Gasteiger partial charge in [-0.25, -0.2) is 18.4 Å². The maximum Gasteiger partial charge on any atom is 0.247 e. The zero-order valence-electron chi connectivity index (χ0n) is 10.5. The van der Waals surface area contributed by atoms with Crippen LogP contribution in [0.25, 0.3) is 0 Å².